The molecule has 0 saturated carbocycles. The van der Waals surface area contributed by atoms with E-state index in [1.807, 2.05) is 32.0 Å². The van der Waals surface area contributed by atoms with E-state index in [4.69, 9.17) is 4.74 Å². The van der Waals surface area contributed by atoms with Crippen LogP contribution >= 0.6 is 0 Å². The number of ether oxygens (including phenoxy) is 1. The Morgan fingerprint density at radius 2 is 1.62 bits per heavy atom. The molecule has 0 atom stereocenters. The zero-order chi connectivity index (χ0) is 18.7. The van der Waals surface area contributed by atoms with Crippen LogP contribution in [0, 0.1) is 13.8 Å². The van der Waals surface area contributed by atoms with Crippen molar-refractivity contribution in [2.24, 2.45) is 0 Å². The fourth-order valence-electron chi connectivity index (χ4n) is 3.28. The quantitative estimate of drug-likeness (QED) is 0.808. The van der Waals surface area contributed by atoms with Crippen LogP contribution in [0.1, 0.15) is 16.7 Å². The number of methoxy groups -OCH3 is 1. The van der Waals surface area contributed by atoms with E-state index >= 15 is 0 Å². The van der Waals surface area contributed by atoms with Crippen LogP contribution in [-0.2, 0) is 16.6 Å². The number of hydrogen-bond acceptors (Lipinski definition) is 4. The summed E-state index contributed by atoms with van der Waals surface area (Å²) in [4.78, 5) is 2.67. The van der Waals surface area contributed by atoms with Crippen molar-refractivity contribution in [2.75, 3.05) is 33.3 Å². The molecule has 2 aromatic carbocycles. The highest BCUT2D eigenvalue weighted by atomic mass is 32.2. The third-order valence-corrected chi connectivity index (χ3v) is 6.77. The van der Waals surface area contributed by atoms with Gasteiger partial charge in [-0.1, -0.05) is 29.8 Å². The highest BCUT2D eigenvalue weighted by Crippen LogP contribution is 2.21. The number of piperazine rings is 1. The number of benzene rings is 2. The molecule has 5 nitrogen and oxygen atoms in total. The molecule has 0 spiro atoms. The summed E-state index contributed by atoms with van der Waals surface area (Å²) in [5.41, 5.74) is 3.40. The van der Waals surface area contributed by atoms with Crippen molar-refractivity contribution in [1.82, 2.24) is 9.21 Å². The van der Waals surface area contributed by atoms with Crippen molar-refractivity contribution in [1.29, 1.82) is 0 Å². The Kier molecular flexibility index (Phi) is 5.65. The zero-order valence-electron chi connectivity index (χ0n) is 15.6. The third-order valence-electron chi connectivity index (χ3n) is 4.86. The lowest BCUT2D eigenvalue weighted by atomic mass is 10.1. The molecule has 3 rings (SSSR count). The fraction of sp³-hybridized carbons (Fsp3) is 0.400. The van der Waals surface area contributed by atoms with Crippen molar-refractivity contribution in [2.45, 2.75) is 25.3 Å². The molecule has 0 aromatic heterocycles. The molecule has 0 unspecified atom stereocenters. The third kappa shape index (κ3) is 4.09. The van der Waals surface area contributed by atoms with E-state index in [0.29, 0.717) is 18.0 Å². The first-order chi connectivity index (χ1) is 12.4. The van der Waals surface area contributed by atoms with Gasteiger partial charge in [-0.15, -0.1) is 0 Å². The predicted molar refractivity (Wildman–Crippen MR) is 103 cm³/mol. The number of hydrogen-bond donors (Lipinski definition) is 0. The Balaban J connectivity index is 1.62. The van der Waals surface area contributed by atoms with Gasteiger partial charge in [0.15, 0.2) is 0 Å². The average molecular weight is 375 g/mol. The molecule has 1 fully saturated rings. The van der Waals surface area contributed by atoms with Gasteiger partial charge in [0.2, 0.25) is 10.0 Å². The zero-order valence-corrected chi connectivity index (χ0v) is 16.4. The molecule has 0 aliphatic carbocycles. The van der Waals surface area contributed by atoms with Gasteiger partial charge in [-0.05, 0) is 43.2 Å². The van der Waals surface area contributed by atoms with Crippen LogP contribution in [0.3, 0.4) is 0 Å². The van der Waals surface area contributed by atoms with E-state index in [2.05, 4.69) is 17.0 Å². The first-order valence-electron chi connectivity index (χ1n) is 8.83. The van der Waals surface area contributed by atoms with Gasteiger partial charge >= 0.3 is 0 Å². The van der Waals surface area contributed by atoms with Crippen molar-refractivity contribution in [3.8, 4) is 5.75 Å². The number of rotatable bonds is 5. The van der Waals surface area contributed by atoms with Crippen LogP contribution in [0.4, 0.5) is 0 Å². The summed E-state index contributed by atoms with van der Waals surface area (Å²) in [5, 5.41) is 0. The van der Waals surface area contributed by atoms with E-state index in [9.17, 15) is 8.42 Å². The van der Waals surface area contributed by atoms with E-state index in [1.54, 1.807) is 23.5 Å². The summed E-state index contributed by atoms with van der Waals surface area (Å²) in [7, 11) is -1.72. The summed E-state index contributed by atoms with van der Waals surface area (Å²) in [6.07, 6.45) is 0. The molecule has 0 radical (unpaired) electrons. The van der Waals surface area contributed by atoms with Gasteiger partial charge in [0.05, 0.1) is 12.0 Å². The predicted octanol–water partition coefficient (Wildman–Crippen LogP) is 2.82. The molecule has 1 saturated heterocycles. The van der Waals surface area contributed by atoms with Gasteiger partial charge in [-0.3, -0.25) is 4.90 Å². The standard InChI is InChI=1S/C20H26N2O3S/c1-16-4-7-19(8-5-16)26(23,24)22-12-10-21(11-13-22)15-18-6-9-20(25-3)17(2)14-18/h4-9,14H,10-13,15H2,1-3H3. The molecule has 1 aliphatic heterocycles. The molecule has 0 bridgehead atoms. The van der Waals surface area contributed by atoms with Gasteiger partial charge in [0.25, 0.3) is 0 Å². The Morgan fingerprint density at radius 1 is 0.962 bits per heavy atom. The topological polar surface area (TPSA) is 49.9 Å². The van der Waals surface area contributed by atoms with Crippen LogP contribution in [0.25, 0.3) is 0 Å². The van der Waals surface area contributed by atoms with Gasteiger partial charge in [-0.2, -0.15) is 4.31 Å². The second-order valence-electron chi connectivity index (χ2n) is 6.80. The molecule has 2 aromatic rings. The average Bonchev–Trinajstić information content (AvgIpc) is 2.63. The maximum atomic E-state index is 12.8. The number of aryl methyl sites for hydroxylation is 2. The van der Waals surface area contributed by atoms with E-state index < -0.39 is 10.0 Å². The normalized spacial score (nSPS) is 16.6. The molecule has 1 heterocycles. The molecule has 0 N–H and O–H groups in total. The van der Waals surface area contributed by atoms with Crippen LogP contribution in [0.15, 0.2) is 47.4 Å². The molecule has 26 heavy (non-hydrogen) atoms. The summed E-state index contributed by atoms with van der Waals surface area (Å²) in [6.45, 7) is 7.32. The van der Waals surface area contributed by atoms with E-state index in [0.717, 1.165) is 36.5 Å². The van der Waals surface area contributed by atoms with Crippen LogP contribution in [-0.4, -0.2) is 50.9 Å². The SMILES string of the molecule is COc1ccc(CN2CCN(S(=O)(=O)c3ccc(C)cc3)CC2)cc1C. The van der Waals surface area contributed by atoms with Crippen molar-refractivity contribution >= 4 is 10.0 Å². The number of nitrogens with zero attached hydrogens (tertiary/aromatic N) is 2. The number of sulfonamides is 1. The van der Waals surface area contributed by atoms with Crippen molar-refractivity contribution in [3.05, 3.63) is 59.2 Å². The Hall–Kier alpha value is -1.89. The fourth-order valence-corrected chi connectivity index (χ4v) is 4.71. The van der Waals surface area contributed by atoms with Crippen LogP contribution in [0.5, 0.6) is 5.75 Å². The first-order valence-corrected chi connectivity index (χ1v) is 10.3. The largest absolute Gasteiger partial charge is 0.496 e. The lowest BCUT2D eigenvalue weighted by Gasteiger charge is -2.34. The molecule has 140 valence electrons. The molecular formula is C20H26N2O3S. The Bertz CT molecular complexity index is 855. The highest BCUT2D eigenvalue weighted by molar-refractivity contribution is 7.89. The highest BCUT2D eigenvalue weighted by Gasteiger charge is 2.28. The minimum absolute atomic E-state index is 0.377. The monoisotopic (exact) mass is 374 g/mol. The lowest BCUT2D eigenvalue weighted by molar-refractivity contribution is 0.181. The molecular weight excluding hydrogens is 348 g/mol. The van der Waals surface area contributed by atoms with Gasteiger partial charge < -0.3 is 4.74 Å². The lowest BCUT2D eigenvalue weighted by Crippen LogP contribution is -2.48. The van der Waals surface area contributed by atoms with Gasteiger partial charge in [-0.25, -0.2) is 8.42 Å². The summed E-state index contributed by atoms with van der Waals surface area (Å²) in [5.74, 6) is 0.891. The maximum absolute atomic E-state index is 12.8. The Labute approximate surface area is 156 Å². The summed E-state index contributed by atoms with van der Waals surface area (Å²) >= 11 is 0. The van der Waals surface area contributed by atoms with Crippen molar-refractivity contribution in [3.63, 3.8) is 0 Å². The van der Waals surface area contributed by atoms with Crippen LogP contribution < -0.4 is 4.74 Å². The van der Waals surface area contributed by atoms with Crippen molar-refractivity contribution < 1.29 is 13.2 Å². The second kappa shape index (κ2) is 7.78. The van der Waals surface area contributed by atoms with E-state index in [-0.39, 0.29) is 0 Å². The maximum Gasteiger partial charge on any atom is 0.243 e. The van der Waals surface area contributed by atoms with E-state index in [1.165, 1.54) is 5.56 Å². The second-order valence-corrected chi connectivity index (χ2v) is 8.74. The van der Waals surface area contributed by atoms with Crippen LogP contribution in [0.2, 0.25) is 0 Å². The first kappa shape index (κ1) is 18.9. The smallest absolute Gasteiger partial charge is 0.243 e. The molecule has 1 aliphatic rings. The molecule has 0 amide bonds. The Morgan fingerprint density at radius 3 is 2.19 bits per heavy atom. The minimum atomic E-state index is -3.40. The van der Waals surface area contributed by atoms with Gasteiger partial charge in [0, 0.05) is 32.7 Å². The van der Waals surface area contributed by atoms with Gasteiger partial charge in [0.1, 0.15) is 5.75 Å². The summed E-state index contributed by atoms with van der Waals surface area (Å²) in [6, 6.07) is 13.3. The minimum Gasteiger partial charge on any atom is -0.496 e. The molecule has 6 heteroatoms. The summed E-state index contributed by atoms with van der Waals surface area (Å²) < 4.78 is 32.4.